The van der Waals surface area contributed by atoms with Gasteiger partial charge in [-0.2, -0.15) is 0 Å². The minimum Gasteiger partial charge on any atom is -0.309 e. The van der Waals surface area contributed by atoms with E-state index in [0.717, 1.165) is 6.42 Å². The number of benzene rings is 3. The van der Waals surface area contributed by atoms with Crippen LogP contribution in [-0.4, -0.2) is 4.57 Å². The Hall–Kier alpha value is -2.80. The highest BCUT2D eigenvalue weighted by Gasteiger charge is 2.19. The Bertz CT molecular complexity index is 1140. The summed E-state index contributed by atoms with van der Waals surface area (Å²) < 4.78 is 2.44. The van der Waals surface area contributed by atoms with Gasteiger partial charge in [0, 0.05) is 16.3 Å². The van der Waals surface area contributed by atoms with Crippen LogP contribution in [0.25, 0.3) is 33.6 Å². The lowest BCUT2D eigenvalue weighted by Crippen LogP contribution is -2.05. The molecule has 1 atom stereocenters. The third kappa shape index (κ3) is 2.09. The van der Waals surface area contributed by atoms with Crippen molar-refractivity contribution in [1.29, 1.82) is 0 Å². The number of para-hydroxylation sites is 1. The third-order valence-corrected chi connectivity index (χ3v) is 5.49. The number of hydrogen-bond acceptors (Lipinski definition) is 0. The van der Waals surface area contributed by atoms with Gasteiger partial charge in [-0.05, 0) is 49.1 Å². The van der Waals surface area contributed by atoms with Gasteiger partial charge in [-0.25, -0.2) is 0 Å². The van der Waals surface area contributed by atoms with Crippen molar-refractivity contribution in [1.82, 2.24) is 4.57 Å². The molecule has 0 bridgehead atoms. The number of hydrogen-bond donors (Lipinski definition) is 0. The zero-order valence-electron chi connectivity index (χ0n) is 14.7. The summed E-state index contributed by atoms with van der Waals surface area (Å²) in [7, 11) is 0. The number of aromatic nitrogens is 1. The van der Waals surface area contributed by atoms with Gasteiger partial charge in [-0.1, -0.05) is 61.0 Å². The van der Waals surface area contributed by atoms with Gasteiger partial charge in [0.2, 0.25) is 0 Å². The van der Waals surface area contributed by atoms with Crippen molar-refractivity contribution in [3.8, 4) is 5.69 Å². The van der Waals surface area contributed by atoms with Gasteiger partial charge in [0.1, 0.15) is 0 Å². The van der Waals surface area contributed by atoms with Crippen molar-refractivity contribution in [2.45, 2.75) is 26.2 Å². The van der Waals surface area contributed by atoms with Crippen molar-refractivity contribution in [2.24, 2.45) is 0 Å². The molecule has 1 heteroatoms. The number of allylic oxidation sites excluding steroid dienone is 1. The molecule has 122 valence electrons. The summed E-state index contributed by atoms with van der Waals surface area (Å²) in [5, 5.41) is 2.66. The van der Waals surface area contributed by atoms with Crippen LogP contribution in [0, 0.1) is 6.92 Å². The molecule has 1 aliphatic rings. The number of aryl methyl sites for hydroxylation is 1. The summed E-state index contributed by atoms with van der Waals surface area (Å²) in [6.45, 7) is 4.49. The molecule has 5 rings (SSSR count). The van der Waals surface area contributed by atoms with E-state index in [2.05, 4.69) is 91.2 Å². The van der Waals surface area contributed by atoms with Crippen molar-refractivity contribution in [3.05, 3.63) is 83.4 Å². The Balaban J connectivity index is 1.94. The first-order valence-corrected chi connectivity index (χ1v) is 9.03. The molecule has 1 heterocycles. The number of fused-ring (bicyclic) bond motifs is 4. The molecular formula is C24H21N. The van der Waals surface area contributed by atoms with Crippen molar-refractivity contribution in [2.75, 3.05) is 0 Å². The van der Waals surface area contributed by atoms with Gasteiger partial charge >= 0.3 is 0 Å². The molecule has 0 amide bonds. The minimum atomic E-state index is 0.579. The summed E-state index contributed by atoms with van der Waals surface area (Å²) in [6.07, 6.45) is 5.75. The van der Waals surface area contributed by atoms with E-state index in [0.29, 0.717) is 5.92 Å². The van der Waals surface area contributed by atoms with Gasteiger partial charge in [-0.3, -0.25) is 0 Å². The van der Waals surface area contributed by atoms with E-state index in [-0.39, 0.29) is 0 Å². The van der Waals surface area contributed by atoms with Crippen molar-refractivity contribution < 1.29 is 0 Å². The van der Waals surface area contributed by atoms with Gasteiger partial charge in [0.15, 0.2) is 0 Å². The normalized spacial score (nSPS) is 16.5. The highest BCUT2D eigenvalue weighted by Crippen LogP contribution is 2.38. The highest BCUT2D eigenvalue weighted by molar-refractivity contribution is 6.09. The molecule has 1 aliphatic carbocycles. The van der Waals surface area contributed by atoms with Crippen LogP contribution in [0.3, 0.4) is 0 Å². The highest BCUT2D eigenvalue weighted by atomic mass is 15.0. The molecule has 0 radical (unpaired) electrons. The van der Waals surface area contributed by atoms with E-state index < -0.39 is 0 Å². The van der Waals surface area contributed by atoms with Crippen LogP contribution >= 0.6 is 0 Å². The van der Waals surface area contributed by atoms with Gasteiger partial charge in [0.05, 0.1) is 16.7 Å². The molecule has 0 N–H and O–H groups in total. The van der Waals surface area contributed by atoms with E-state index in [1.807, 2.05) is 0 Å². The quantitative estimate of drug-likeness (QED) is 0.371. The summed E-state index contributed by atoms with van der Waals surface area (Å²) in [5.41, 5.74) is 7.98. The number of nitrogens with zero attached hydrogens (tertiary/aromatic N) is 1. The maximum absolute atomic E-state index is 2.44. The standard InChI is InChI=1S/C24H21N/c1-16-13-14-24-21(15-16)20-8-3-4-11-22(20)25(24)23-12-6-9-18-17(2)7-5-10-19(18)23/h3-6,8-15,17H,7H2,1-2H3. The van der Waals surface area contributed by atoms with Crippen molar-refractivity contribution in [3.63, 3.8) is 0 Å². The summed E-state index contributed by atoms with van der Waals surface area (Å²) >= 11 is 0. The maximum Gasteiger partial charge on any atom is 0.0541 e. The van der Waals surface area contributed by atoms with E-state index in [9.17, 15) is 0 Å². The first kappa shape index (κ1) is 14.5. The molecule has 3 aromatic carbocycles. The van der Waals surface area contributed by atoms with Crippen molar-refractivity contribution >= 4 is 27.9 Å². The minimum absolute atomic E-state index is 0.579. The monoisotopic (exact) mass is 323 g/mol. The average molecular weight is 323 g/mol. The fourth-order valence-electron chi connectivity index (χ4n) is 4.24. The van der Waals surface area contributed by atoms with Crippen LogP contribution < -0.4 is 0 Å². The Labute approximate surface area is 148 Å². The molecule has 1 unspecified atom stereocenters. The molecule has 0 aliphatic heterocycles. The lowest BCUT2D eigenvalue weighted by Gasteiger charge is -2.21. The molecule has 0 saturated heterocycles. The summed E-state index contributed by atoms with van der Waals surface area (Å²) in [6, 6.07) is 22.3. The smallest absolute Gasteiger partial charge is 0.0541 e. The number of rotatable bonds is 1. The van der Waals surface area contributed by atoms with Crippen LogP contribution in [-0.2, 0) is 0 Å². The van der Waals surface area contributed by atoms with Crippen LogP contribution in [0.5, 0.6) is 0 Å². The first-order chi connectivity index (χ1) is 12.2. The molecular weight excluding hydrogens is 302 g/mol. The van der Waals surface area contributed by atoms with Crippen LogP contribution in [0.1, 0.15) is 36.0 Å². The lowest BCUT2D eigenvalue weighted by molar-refractivity contribution is 0.770. The zero-order valence-corrected chi connectivity index (χ0v) is 14.7. The predicted molar refractivity (Wildman–Crippen MR) is 108 cm³/mol. The maximum atomic E-state index is 2.44. The molecule has 1 nitrogen and oxygen atoms in total. The second-order valence-electron chi connectivity index (χ2n) is 7.19. The second kappa shape index (κ2) is 5.35. The molecule has 4 aromatic rings. The summed E-state index contributed by atoms with van der Waals surface area (Å²) in [5.74, 6) is 0.579. The fourth-order valence-corrected chi connectivity index (χ4v) is 4.24. The molecule has 1 aromatic heterocycles. The van der Waals surface area contributed by atoms with Crippen LogP contribution in [0.2, 0.25) is 0 Å². The molecule has 0 saturated carbocycles. The average Bonchev–Trinajstić information content (AvgIpc) is 2.95. The fraction of sp³-hybridized carbons (Fsp3) is 0.167. The Morgan fingerprint density at radius 3 is 2.64 bits per heavy atom. The van der Waals surface area contributed by atoms with E-state index in [1.165, 1.54) is 44.2 Å². The topological polar surface area (TPSA) is 4.93 Å². The SMILES string of the molecule is Cc1ccc2c(c1)c1ccccc1n2-c1cccc2c1C=CCC2C. The third-order valence-electron chi connectivity index (χ3n) is 5.49. The van der Waals surface area contributed by atoms with Gasteiger partial charge in [0.25, 0.3) is 0 Å². The van der Waals surface area contributed by atoms with E-state index >= 15 is 0 Å². The molecule has 0 fully saturated rings. The first-order valence-electron chi connectivity index (χ1n) is 9.03. The van der Waals surface area contributed by atoms with Gasteiger partial charge in [-0.15, -0.1) is 0 Å². The zero-order chi connectivity index (χ0) is 17.0. The van der Waals surface area contributed by atoms with Gasteiger partial charge < -0.3 is 4.57 Å². The lowest BCUT2D eigenvalue weighted by atomic mass is 9.87. The Kier molecular flexibility index (Phi) is 3.11. The molecule has 25 heavy (non-hydrogen) atoms. The Morgan fingerprint density at radius 1 is 0.880 bits per heavy atom. The summed E-state index contributed by atoms with van der Waals surface area (Å²) in [4.78, 5) is 0. The largest absolute Gasteiger partial charge is 0.309 e. The second-order valence-corrected chi connectivity index (χ2v) is 7.19. The Morgan fingerprint density at radius 2 is 1.72 bits per heavy atom. The molecule has 0 spiro atoms. The van der Waals surface area contributed by atoms with Crippen LogP contribution in [0.4, 0.5) is 0 Å². The van der Waals surface area contributed by atoms with E-state index in [4.69, 9.17) is 0 Å². The predicted octanol–water partition coefficient (Wildman–Crippen LogP) is 6.61. The van der Waals surface area contributed by atoms with Crippen LogP contribution in [0.15, 0.2) is 66.7 Å². The van der Waals surface area contributed by atoms with E-state index in [1.54, 1.807) is 0 Å².